The van der Waals surface area contributed by atoms with Gasteiger partial charge in [0, 0.05) is 10.8 Å². The van der Waals surface area contributed by atoms with Gasteiger partial charge < -0.3 is 5.73 Å². The van der Waals surface area contributed by atoms with Gasteiger partial charge in [0.2, 0.25) is 0 Å². The van der Waals surface area contributed by atoms with Crippen molar-refractivity contribution in [3.05, 3.63) is 28.2 Å². The molecule has 0 aliphatic rings. The number of nitrogens with two attached hydrogens (primary N) is 1. The fourth-order valence-electron chi connectivity index (χ4n) is 0.841. The minimum Gasteiger partial charge on any atom is -0.318 e. The van der Waals surface area contributed by atoms with Gasteiger partial charge in [0.05, 0.1) is 17.4 Å². The molecular formula is C6H6N4S2. The molecule has 2 heterocycles. The van der Waals surface area contributed by atoms with Gasteiger partial charge in [0.25, 0.3) is 0 Å². The van der Waals surface area contributed by atoms with Crippen LogP contribution in [0.5, 0.6) is 0 Å². The first-order valence-electron chi connectivity index (χ1n) is 3.31. The quantitative estimate of drug-likeness (QED) is 0.783. The first-order chi connectivity index (χ1) is 5.88. The normalized spacial score (nSPS) is 13.1. The standard InChI is InChI=1S/C6H6N4S2/c7-6(4-1-2-11-9-4)5-3-12-10-8-5/h1-3,6H,7H2. The molecule has 0 spiro atoms. The van der Waals surface area contributed by atoms with Crippen molar-refractivity contribution in [2.24, 2.45) is 5.73 Å². The third-order valence-electron chi connectivity index (χ3n) is 1.47. The Morgan fingerprint density at radius 2 is 2.25 bits per heavy atom. The van der Waals surface area contributed by atoms with Gasteiger partial charge in [0.1, 0.15) is 0 Å². The summed E-state index contributed by atoms with van der Waals surface area (Å²) < 4.78 is 7.87. The lowest BCUT2D eigenvalue weighted by Crippen LogP contribution is -2.12. The van der Waals surface area contributed by atoms with Crippen LogP contribution in [0.2, 0.25) is 0 Å². The van der Waals surface area contributed by atoms with Crippen LogP contribution in [-0.4, -0.2) is 14.0 Å². The van der Waals surface area contributed by atoms with Crippen molar-refractivity contribution in [2.75, 3.05) is 0 Å². The number of rotatable bonds is 2. The topological polar surface area (TPSA) is 64.7 Å². The molecule has 0 fully saturated rings. The zero-order valence-corrected chi connectivity index (χ0v) is 7.68. The monoisotopic (exact) mass is 198 g/mol. The summed E-state index contributed by atoms with van der Waals surface area (Å²) in [6.07, 6.45) is 0. The first kappa shape index (κ1) is 7.78. The summed E-state index contributed by atoms with van der Waals surface area (Å²) in [5, 5.41) is 7.62. The molecule has 0 amide bonds. The third-order valence-corrected chi connectivity index (χ3v) is 2.57. The number of hydrogen-bond donors (Lipinski definition) is 1. The molecule has 2 rings (SSSR count). The van der Waals surface area contributed by atoms with Crippen LogP contribution in [0.25, 0.3) is 0 Å². The zero-order valence-electron chi connectivity index (χ0n) is 6.04. The van der Waals surface area contributed by atoms with E-state index in [-0.39, 0.29) is 6.04 Å². The average Bonchev–Trinajstić information content (AvgIpc) is 2.77. The van der Waals surface area contributed by atoms with Crippen molar-refractivity contribution < 1.29 is 0 Å². The van der Waals surface area contributed by atoms with E-state index in [1.807, 2.05) is 16.8 Å². The predicted molar refractivity (Wildman–Crippen MR) is 48.1 cm³/mol. The summed E-state index contributed by atoms with van der Waals surface area (Å²) in [6, 6.07) is 1.67. The molecule has 1 unspecified atom stereocenters. The van der Waals surface area contributed by atoms with Crippen LogP contribution in [0, 0.1) is 0 Å². The number of aromatic nitrogens is 3. The maximum absolute atomic E-state index is 5.85. The molecule has 2 N–H and O–H groups in total. The SMILES string of the molecule is NC(c1csnn1)c1ccsn1. The zero-order chi connectivity index (χ0) is 8.39. The van der Waals surface area contributed by atoms with E-state index in [9.17, 15) is 0 Å². The highest BCUT2D eigenvalue weighted by Gasteiger charge is 2.12. The molecule has 1 atom stereocenters. The molecule has 4 nitrogen and oxygen atoms in total. The Morgan fingerprint density at radius 3 is 2.83 bits per heavy atom. The molecule has 0 aliphatic carbocycles. The van der Waals surface area contributed by atoms with E-state index in [1.54, 1.807) is 0 Å². The summed E-state index contributed by atoms with van der Waals surface area (Å²) >= 11 is 2.69. The first-order valence-corrected chi connectivity index (χ1v) is 4.98. The van der Waals surface area contributed by atoms with E-state index in [1.165, 1.54) is 23.1 Å². The Kier molecular flexibility index (Phi) is 2.11. The van der Waals surface area contributed by atoms with Gasteiger partial charge in [-0.25, -0.2) is 0 Å². The van der Waals surface area contributed by atoms with Gasteiger partial charge in [-0.15, -0.1) is 5.10 Å². The maximum Gasteiger partial charge on any atom is 0.0984 e. The Morgan fingerprint density at radius 1 is 1.33 bits per heavy atom. The van der Waals surface area contributed by atoms with Gasteiger partial charge in [0.15, 0.2) is 0 Å². The fourth-order valence-corrected chi connectivity index (χ4v) is 1.89. The van der Waals surface area contributed by atoms with E-state index in [0.717, 1.165) is 11.4 Å². The largest absolute Gasteiger partial charge is 0.318 e. The van der Waals surface area contributed by atoms with Crippen LogP contribution in [0.1, 0.15) is 17.4 Å². The minimum atomic E-state index is -0.227. The van der Waals surface area contributed by atoms with E-state index in [2.05, 4.69) is 14.0 Å². The lowest BCUT2D eigenvalue weighted by atomic mass is 10.2. The second kappa shape index (κ2) is 3.26. The smallest absolute Gasteiger partial charge is 0.0984 e. The van der Waals surface area contributed by atoms with Gasteiger partial charge >= 0.3 is 0 Å². The molecule has 62 valence electrons. The van der Waals surface area contributed by atoms with Gasteiger partial charge in [-0.3, -0.25) is 0 Å². The molecule has 12 heavy (non-hydrogen) atoms. The molecule has 0 saturated carbocycles. The molecule has 0 saturated heterocycles. The van der Waals surface area contributed by atoms with Crippen molar-refractivity contribution in [2.45, 2.75) is 6.04 Å². The summed E-state index contributed by atoms with van der Waals surface area (Å²) in [7, 11) is 0. The molecular weight excluding hydrogens is 192 g/mol. The maximum atomic E-state index is 5.85. The second-order valence-electron chi connectivity index (χ2n) is 2.23. The van der Waals surface area contributed by atoms with Crippen LogP contribution in [0.4, 0.5) is 0 Å². The minimum absolute atomic E-state index is 0.227. The highest BCUT2D eigenvalue weighted by atomic mass is 32.1. The van der Waals surface area contributed by atoms with E-state index >= 15 is 0 Å². The lowest BCUT2D eigenvalue weighted by Gasteiger charge is -2.02. The Hall–Kier alpha value is -0.850. The highest BCUT2D eigenvalue weighted by molar-refractivity contribution is 7.03. The Labute approximate surface area is 77.4 Å². The van der Waals surface area contributed by atoms with Crippen LogP contribution in [-0.2, 0) is 0 Å². The van der Waals surface area contributed by atoms with Gasteiger partial charge in [-0.05, 0) is 29.1 Å². The molecule has 2 aromatic heterocycles. The van der Waals surface area contributed by atoms with E-state index in [4.69, 9.17) is 5.73 Å². The third kappa shape index (κ3) is 1.36. The summed E-state index contributed by atoms with van der Waals surface area (Å²) in [6.45, 7) is 0. The van der Waals surface area contributed by atoms with Crippen molar-refractivity contribution >= 4 is 23.1 Å². The number of hydrogen-bond acceptors (Lipinski definition) is 6. The molecule has 0 bridgehead atoms. The Bertz CT molecular complexity index is 294. The summed E-state index contributed by atoms with van der Waals surface area (Å²) in [5.74, 6) is 0. The highest BCUT2D eigenvalue weighted by Crippen LogP contribution is 2.17. The van der Waals surface area contributed by atoms with Crippen LogP contribution in [0.15, 0.2) is 16.8 Å². The van der Waals surface area contributed by atoms with Gasteiger partial charge in [-0.1, -0.05) is 4.49 Å². The molecule has 2 aromatic rings. The van der Waals surface area contributed by atoms with E-state index < -0.39 is 0 Å². The second-order valence-corrected chi connectivity index (χ2v) is 3.51. The van der Waals surface area contributed by atoms with Crippen molar-refractivity contribution in [3.63, 3.8) is 0 Å². The summed E-state index contributed by atoms with van der Waals surface area (Å²) in [4.78, 5) is 0. The molecule has 0 radical (unpaired) electrons. The lowest BCUT2D eigenvalue weighted by molar-refractivity contribution is 0.799. The van der Waals surface area contributed by atoms with E-state index in [0.29, 0.717) is 0 Å². The van der Waals surface area contributed by atoms with Crippen molar-refractivity contribution in [3.8, 4) is 0 Å². The average molecular weight is 198 g/mol. The number of nitrogens with zero attached hydrogens (tertiary/aromatic N) is 3. The molecule has 0 aromatic carbocycles. The van der Waals surface area contributed by atoms with Gasteiger partial charge in [-0.2, -0.15) is 4.37 Å². The van der Waals surface area contributed by atoms with Crippen LogP contribution < -0.4 is 5.73 Å². The van der Waals surface area contributed by atoms with Crippen molar-refractivity contribution in [1.29, 1.82) is 0 Å². The molecule has 0 aliphatic heterocycles. The van der Waals surface area contributed by atoms with Crippen LogP contribution in [0.3, 0.4) is 0 Å². The summed E-state index contributed by atoms with van der Waals surface area (Å²) in [5.41, 5.74) is 7.49. The predicted octanol–water partition coefficient (Wildman–Crippen LogP) is 1.04. The van der Waals surface area contributed by atoms with Crippen molar-refractivity contribution in [1.82, 2.24) is 14.0 Å². The molecule has 6 heteroatoms. The van der Waals surface area contributed by atoms with Crippen LogP contribution >= 0.6 is 23.1 Å². The Balaban J connectivity index is 2.27. The fraction of sp³-hybridized carbons (Fsp3) is 0.167.